The Morgan fingerprint density at radius 1 is 0.723 bits per heavy atom. The molecule has 47 heavy (non-hydrogen) atoms. The van der Waals surface area contributed by atoms with Crippen molar-refractivity contribution in [3.63, 3.8) is 0 Å². The van der Waals surface area contributed by atoms with Crippen molar-refractivity contribution in [3.05, 3.63) is 0 Å². The molecular formula is C35H60N4O8. The molecule has 11 atom stereocenters. The minimum atomic E-state index is -0.386. The summed E-state index contributed by atoms with van der Waals surface area (Å²) in [4.78, 5) is 50.9. The highest BCUT2D eigenvalue weighted by Crippen LogP contribution is 2.69. The van der Waals surface area contributed by atoms with Gasteiger partial charge in [-0.05, 0) is 86.4 Å². The molecule has 0 heterocycles. The number of hydrogen-bond donors (Lipinski definition) is 4. The van der Waals surface area contributed by atoms with E-state index in [4.69, 9.17) is 41.9 Å². The molecule has 0 aromatic heterocycles. The summed E-state index contributed by atoms with van der Waals surface area (Å²) in [6, 6.07) is 0. The van der Waals surface area contributed by atoms with E-state index < -0.39 is 0 Å². The van der Waals surface area contributed by atoms with Crippen molar-refractivity contribution in [2.75, 3.05) is 32.8 Å². The Morgan fingerprint density at radius 2 is 1.36 bits per heavy atom. The van der Waals surface area contributed by atoms with Crippen LogP contribution in [0.5, 0.6) is 0 Å². The zero-order valence-electron chi connectivity index (χ0n) is 28.8. The standard InChI is InChI=1S/C35H60N4O8/c1-21(4-7-29(40)44-17-16-39)24-5-6-25-33-26(20-28(35(24,25)3)47-32(43)11-15-38)34(2)12-8-23(45-30(41)9-13-36)18-22(34)19-27(33)46-31(42)10-14-37/h21-28,33H,4-20,36-39H2,1-3H3/t21-,22?,23-,24?,25+,26+,27-,28+,33?,34?,35?/m1/s1. The number of nitrogens with two attached hydrogens (primary N) is 4. The summed E-state index contributed by atoms with van der Waals surface area (Å²) in [5.41, 5.74) is 22.1. The van der Waals surface area contributed by atoms with Gasteiger partial charge in [0.05, 0.1) is 19.3 Å². The van der Waals surface area contributed by atoms with Crippen LogP contribution in [0.25, 0.3) is 0 Å². The first-order chi connectivity index (χ1) is 22.4. The maximum atomic E-state index is 13.1. The predicted octanol–water partition coefficient (Wildman–Crippen LogP) is 2.57. The maximum Gasteiger partial charge on any atom is 0.307 e. The third kappa shape index (κ3) is 8.13. The first-order valence-corrected chi connectivity index (χ1v) is 18.0. The lowest BCUT2D eigenvalue weighted by Crippen LogP contribution is -2.63. The van der Waals surface area contributed by atoms with Gasteiger partial charge in [-0.2, -0.15) is 0 Å². The molecule has 0 aromatic carbocycles. The summed E-state index contributed by atoms with van der Waals surface area (Å²) in [7, 11) is 0. The number of carbonyl (C=O) groups is 4. The fourth-order valence-electron chi connectivity index (χ4n) is 10.3. The van der Waals surface area contributed by atoms with Crippen LogP contribution in [0, 0.1) is 46.3 Å². The van der Waals surface area contributed by atoms with E-state index in [1.165, 1.54) is 0 Å². The fraction of sp³-hybridized carbons (Fsp3) is 0.886. The van der Waals surface area contributed by atoms with Gasteiger partial charge in [-0.3, -0.25) is 19.2 Å². The smallest absolute Gasteiger partial charge is 0.307 e. The van der Waals surface area contributed by atoms with Crippen molar-refractivity contribution in [1.82, 2.24) is 0 Å². The van der Waals surface area contributed by atoms with Crippen molar-refractivity contribution < 1.29 is 38.1 Å². The molecule has 12 nitrogen and oxygen atoms in total. The maximum absolute atomic E-state index is 13.1. The van der Waals surface area contributed by atoms with E-state index in [9.17, 15) is 19.2 Å². The van der Waals surface area contributed by atoms with Crippen LogP contribution in [0.3, 0.4) is 0 Å². The fourth-order valence-corrected chi connectivity index (χ4v) is 10.3. The highest BCUT2D eigenvalue weighted by atomic mass is 16.6. The molecule has 0 amide bonds. The lowest BCUT2D eigenvalue weighted by Gasteiger charge is -2.64. The number of rotatable bonds is 15. The van der Waals surface area contributed by atoms with Gasteiger partial charge in [0.15, 0.2) is 0 Å². The van der Waals surface area contributed by atoms with Gasteiger partial charge >= 0.3 is 23.9 Å². The van der Waals surface area contributed by atoms with Crippen LogP contribution >= 0.6 is 0 Å². The van der Waals surface area contributed by atoms with Crippen LogP contribution in [-0.4, -0.2) is 75.0 Å². The molecule has 5 unspecified atom stereocenters. The molecular weight excluding hydrogens is 604 g/mol. The predicted molar refractivity (Wildman–Crippen MR) is 175 cm³/mol. The Bertz CT molecular complexity index is 1110. The van der Waals surface area contributed by atoms with E-state index in [1.54, 1.807) is 0 Å². The minimum Gasteiger partial charge on any atom is -0.464 e. The first-order valence-electron chi connectivity index (χ1n) is 18.0. The zero-order chi connectivity index (χ0) is 34.4. The quantitative estimate of drug-likeness (QED) is 0.147. The van der Waals surface area contributed by atoms with E-state index in [2.05, 4.69) is 20.8 Å². The van der Waals surface area contributed by atoms with Crippen LogP contribution in [0.15, 0.2) is 0 Å². The lowest BCUT2D eigenvalue weighted by atomic mass is 9.43. The van der Waals surface area contributed by atoms with Gasteiger partial charge in [-0.1, -0.05) is 20.8 Å². The molecule has 4 fully saturated rings. The molecule has 12 heteroatoms. The summed E-state index contributed by atoms with van der Waals surface area (Å²) < 4.78 is 23.8. The van der Waals surface area contributed by atoms with E-state index >= 15 is 0 Å². The lowest BCUT2D eigenvalue weighted by molar-refractivity contribution is -0.225. The van der Waals surface area contributed by atoms with Crippen LogP contribution < -0.4 is 22.9 Å². The van der Waals surface area contributed by atoms with E-state index in [-0.39, 0.29) is 134 Å². The zero-order valence-corrected chi connectivity index (χ0v) is 28.8. The van der Waals surface area contributed by atoms with Gasteiger partial charge in [0.2, 0.25) is 0 Å². The van der Waals surface area contributed by atoms with E-state index in [1.807, 2.05) is 0 Å². The monoisotopic (exact) mass is 664 g/mol. The molecule has 8 N–H and O–H groups in total. The molecule has 0 bridgehead atoms. The Labute approximate surface area is 280 Å². The third-order valence-electron chi connectivity index (χ3n) is 12.5. The molecule has 4 aliphatic rings. The Kier molecular flexibility index (Phi) is 13.1. The van der Waals surface area contributed by atoms with Crippen molar-refractivity contribution in [1.29, 1.82) is 0 Å². The average Bonchev–Trinajstić information content (AvgIpc) is 3.38. The summed E-state index contributed by atoms with van der Waals surface area (Å²) in [5.74, 6) is -0.244. The summed E-state index contributed by atoms with van der Waals surface area (Å²) in [5, 5.41) is 0. The Balaban J connectivity index is 1.67. The molecule has 0 aromatic rings. The molecule has 0 radical (unpaired) electrons. The molecule has 0 saturated heterocycles. The van der Waals surface area contributed by atoms with Gasteiger partial charge in [0, 0.05) is 43.9 Å². The minimum absolute atomic E-state index is 0.0792. The van der Waals surface area contributed by atoms with Crippen LogP contribution in [-0.2, 0) is 38.1 Å². The van der Waals surface area contributed by atoms with Crippen molar-refractivity contribution in [2.45, 2.75) is 116 Å². The van der Waals surface area contributed by atoms with E-state index in [0.717, 1.165) is 25.7 Å². The highest BCUT2D eigenvalue weighted by molar-refractivity contribution is 5.71. The number of hydrogen-bond acceptors (Lipinski definition) is 12. The molecule has 4 rings (SSSR count). The van der Waals surface area contributed by atoms with Crippen LogP contribution in [0.1, 0.15) is 97.8 Å². The molecule has 0 spiro atoms. The van der Waals surface area contributed by atoms with Crippen molar-refractivity contribution in [2.24, 2.45) is 69.3 Å². The Hall–Kier alpha value is -2.28. The van der Waals surface area contributed by atoms with Gasteiger partial charge in [0.1, 0.15) is 24.9 Å². The molecule has 268 valence electrons. The Morgan fingerprint density at radius 3 is 2.00 bits per heavy atom. The summed E-state index contributed by atoms with van der Waals surface area (Å²) in [6.45, 7) is 7.96. The third-order valence-corrected chi connectivity index (χ3v) is 12.5. The van der Waals surface area contributed by atoms with Gasteiger partial charge in [0.25, 0.3) is 0 Å². The number of carbonyl (C=O) groups excluding carboxylic acids is 4. The van der Waals surface area contributed by atoms with Crippen LogP contribution in [0.2, 0.25) is 0 Å². The number of ether oxygens (including phenoxy) is 4. The second-order valence-corrected chi connectivity index (χ2v) is 15.0. The summed E-state index contributed by atoms with van der Waals surface area (Å²) in [6.07, 6.45) is 6.08. The SMILES string of the molecule is C[C@H](CCC(=O)OCCN)C1CC[C@H]2C3[C@H](OC(=O)CCN)CC4C[C@H](OC(=O)CCN)CCC4(C)[C@H]3C[C@H](OC(=O)CCN)C12C. The largest absolute Gasteiger partial charge is 0.464 e. The molecule has 4 aliphatic carbocycles. The van der Waals surface area contributed by atoms with Gasteiger partial charge < -0.3 is 41.9 Å². The molecule has 0 aliphatic heterocycles. The van der Waals surface area contributed by atoms with Gasteiger partial charge in [-0.15, -0.1) is 0 Å². The van der Waals surface area contributed by atoms with Crippen molar-refractivity contribution >= 4 is 23.9 Å². The molecule has 4 saturated carbocycles. The number of esters is 4. The average molecular weight is 665 g/mol. The summed E-state index contributed by atoms with van der Waals surface area (Å²) >= 11 is 0. The van der Waals surface area contributed by atoms with Crippen molar-refractivity contribution in [3.8, 4) is 0 Å². The number of fused-ring (bicyclic) bond motifs is 5. The highest BCUT2D eigenvalue weighted by Gasteiger charge is 2.67. The van der Waals surface area contributed by atoms with Gasteiger partial charge in [-0.25, -0.2) is 0 Å². The normalized spacial score (nSPS) is 36.7. The van der Waals surface area contributed by atoms with E-state index in [0.29, 0.717) is 38.6 Å². The van der Waals surface area contributed by atoms with Crippen LogP contribution in [0.4, 0.5) is 0 Å². The topological polar surface area (TPSA) is 209 Å². The first kappa shape index (κ1) is 37.5. The second-order valence-electron chi connectivity index (χ2n) is 15.0. The second kappa shape index (κ2) is 16.4.